The first-order valence-corrected chi connectivity index (χ1v) is 4.14. The Morgan fingerprint density at radius 3 is 2.55 bits per heavy atom. The fraction of sp³-hybridized carbons (Fsp3) is 0.875. The molecule has 0 fully saturated rings. The largest absolute Gasteiger partial charge is 0.370 e. The van der Waals surface area contributed by atoms with Crippen molar-refractivity contribution in [1.82, 2.24) is 5.32 Å². The monoisotopic (exact) mass is 158 g/mol. The van der Waals surface area contributed by atoms with E-state index in [0.29, 0.717) is 12.5 Å². The van der Waals surface area contributed by atoms with E-state index in [0.717, 1.165) is 19.4 Å². The molecule has 0 radical (unpaired) electrons. The lowest BCUT2D eigenvalue weighted by molar-refractivity contribution is -0.118. The molecule has 11 heavy (non-hydrogen) atoms. The molecule has 0 spiro atoms. The molecule has 0 aliphatic heterocycles. The number of nitrogens with one attached hydrogen (secondary N) is 1. The first-order valence-electron chi connectivity index (χ1n) is 4.14. The number of hydrogen-bond donors (Lipinski definition) is 2. The van der Waals surface area contributed by atoms with Crippen LogP contribution in [0.15, 0.2) is 0 Å². The van der Waals surface area contributed by atoms with Crippen molar-refractivity contribution in [1.29, 1.82) is 0 Å². The van der Waals surface area contributed by atoms with Crippen LogP contribution in [0.1, 0.15) is 33.1 Å². The number of nitrogens with two attached hydrogens (primary N) is 1. The van der Waals surface area contributed by atoms with Gasteiger partial charge in [-0.25, -0.2) is 0 Å². The Kier molecular flexibility index (Phi) is 5.84. The van der Waals surface area contributed by atoms with Crippen LogP contribution in [0.25, 0.3) is 0 Å². The summed E-state index contributed by atoms with van der Waals surface area (Å²) < 4.78 is 0. The zero-order valence-corrected chi connectivity index (χ0v) is 7.39. The van der Waals surface area contributed by atoms with E-state index < -0.39 is 0 Å². The first kappa shape index (κ1) is 10.4. The van der Waals surface area contributed by atoms with Gasteiger partial charge in [-0.1, -0.05) is 13.8 Å². The fourth-order valence-corrected chi connectivity index (χ4v) is 0.815. The molecule has 0 saturated carbocycles. The van der Waals surface area contributed by atoms with E-state index in [2.05, 4.69) is 19.2 Å². The zero-order chi connectivity index (χ0) is 8.69. The Hall–Kier alpha value is -0.570. The van der Waals surface area contributed by atoms with E-state index >= 15 is 0 Å². The summed E-state index contributed by atoms with van der Waals surface area (Å²) in [6.07, 6.45) is 2.44. The van der Waals surface area contributed by atoms with Gasteiger partial charge in [-0.2, -0.15) is 0 Å². The molecule has 0 aromatic rings. The molecule has 0 bridgehead atoms. The average Bonchev–Trinajstić information content (AvgIpc) is 1.85. The van der Waals surface area contributed by atoms with Gasteiger partial charge in [0.05, 0.1) is 0 Å². The summed E-state index contributed by atoms with van der Waals surface area (Å²) in [6, 6.07) is 0.531. The number of hydrogen-bond acceptors (Lipinski definition) is 2. The second-order valence-corrected chi connectivity index (χ2v) is 3.03. The van der Waals surface area contributed by atoms with Crippen molar-refractivity contribution in [3.05, 3.63) is 0 Å². The molecule has 0 heterocycles. The van der Waals surface area contributed by atoms with Crippen molar-refractivity contribution in [2.45, 2.75) is 39.2 Å². The third kappa shape index (κ3) is 9.43. The topological polar surface area (TPSA) is 55.1 Å². The van der Waals surface area contributed by atoms with Gasteiger partial charge in [0.15, 0.2) is 0 Å². The van der Waals surface area contributed by atoms with Gasteiger partial charge < -0.3 is 11.1 Å². The van der Waals surface area contributed by atoms with Crippen molar-refractivity contribution >= 4 is 5.91 Å². The highest BCUT2D eigenvalue weighted by atomic mass is 16.1. The summed E-state index contributed by atoms with van der Waals surface area (Å²) in [6.45, 7) is 5.19. The SMILES string of the molecule is CC(C)NCCCCC(N)=O. The van der Waals surface area contributed by atoms with Crippen molar-refractivity contribution in [2.24, 2.45) is 5.73 Å². The van der Waals surface area contributed by atoms with Crippen molar-refractivity contribution < 1.29 is 4.79 Å². The predicted molar refractivity (Wildman–Crippen MR) is 46.2 cm³/mol. The van der Waals surface area contributed by atoms with Crippen LogP contribution in [0.4, 0.5) is 0 Å². The maximum Gasteiger partial charge on any atom is 0.217 e. The van der Waals surface area contributed by atoms with Crippen LogP contribution in [0.2, 0.25) is 0 Å². The van der Waals surface area contributed by atoms with E-state index in [9.17, 15) is 4.79 Å². The van der Waals surface area contributed by atoms with Gasteiger partial charge in [-0.3, -0.25) is 4.79 Å². The summed E-state index contributed by atoms with van der Waals surface area (Å²) in [5.74, 6) is -0.199. The van der Waals surface area contributed by atoms with Crippen LogP contribution in [0.3, 0.4) is 0 Å². The van der Waals surface area contributed by atoms with Crippen LogP contribution in [0.5, 0.6) is 0 Å². The highest BCUT2D eigenvalue weighted by Gasteiger charge is 1.94. The average molecular weight is 158 g/mol. The van der Waals surface area contributed by atoms with Crippen LogP contribution in [-0.2, 0) is 4.79 Å². The second-order valence-electron chi connectivity index (χ2n) is 3.03. The van der Waals surface area contributed by atoms with Gasteiger partial charge in [0.2, 0.25) is 5.91 Å². The van der Waals surface area contributed by atoms with Crippen molar-refractivity contribution in [3.8, 4) is 0 Å². The summed E-state index contributed by atoms with van der Waals surface area (Å²) in [4.78, 5) is 10.3. The Bertz CT molecular complexity index is 113. The van der Waals surface area contributed by atoms with E-state index in [1.165, 1.54) is 0 Å². The van der Waals surface area contributed by atoms with Crippen LogP contribution < -0.4 is 11.1 Å². The molecule has 66 valence electrons. The van der Waals surface area contributed by atoms with Gasteiger partial charge in [-0.05, 0) is 19.4 Å². The summed E-state index contributed by atoms with van der Waals surface area (Å²) in [7, 11) is 0. The molecule has 0 saturated heterocycles. The van der Waals surface area contributed by atoms with Gasteiger partial charge in [0.1, 0.15) is 0 Å². The standard InChI is InChI=1S/C8H18N2O/c1-7(2)10-6-4-3-5-8(9)11/h7,10H,3-6H2,1-2H3,(H2,9,11). The van der Waals surface area contributed by atoms with E-state index in [1.807, 2.05) is 0 Å². The molecular formula is C8H18N2O. The van der Waals surface area contributed by atoms with E-state index in [1.54, 1.807) is 0 Å². The Labute approximate surface area is 68.3 Å². The third-order valence-corrected chi connectivity index (χ3v) is 1.40. The van der Waals surface area contributed by atoms with Gasteiger partial charge in [0.25, 0.3) is 0 Å². The lowest BCUT2D eigenvalue weighted by atomic mass is 10.2. The summed E-state index contributed by atoms with van der Waals surface area (Å²) in [5.41, 5.74) is 4.98. The first-order chi connectivity index (χ1) is 5.13. The Balaban J connectivity index is 2.97. The third-order valence-electron chi connectivity index (χ3n) is 1.40. The molecule has 0 rings (SSSR count). The Morgan fingerprint density at radius 1 is 1.45 bits per heavy atom. The number of carbonyl (C=O) groups is 1. The van der Waals surface area contributed by atoms with E-state index in [-0.39, 0.29) is 5.91 Å². The minimum atomic E-state index is -0.199. The second kappa shape index (κ2) is 6.16. The minimum Gasteiger partial charge on any atom is -0.370 e. The Morgan fingerprint density at radius 2 is 2.09 bits per heavy atom. The molecule has 1 amide bonds. The van der Waals surface area contributed by atoms with Crippen LogP contribution in [0, 0.1) is 0 Å². The number of unbranched alkanes of at least 4 members (excludes halogenated alkanes) is 1. The van der Waals surface area contributed by atoms with Gasteiger partial charge in [0, 0.05) is 12.5 Å². The van der Waals surface area contributed by atoms with Crippen LogP contribution in [-0.4, -0.2) is 18.5 Å². The summed E-state index contributed by atoms with van der Waals surface area (Å²) >= 11 is 0. The number of rotatable bonds is 6. The highest BCUT2D eigenvalue weighted by molar-refractivity contribution is 5.73. The maximum absolute atomic E-state index is 10.3. The van der Waals surface area contributed by atoms with Gasteiger partial charge in [-0.15, -0.1) is 0 Å². The normalized spacial score (nSPS) is 10.5. The molecule has 3 nitrogen and oxygen atoms in total. The van der Waals surface area contributed by atoms with Gasteiger partial charge >= 0.3 is 0 Å². The quantitative estimate of drug-likeness (QED) is 0.557. The smallest absolute Gasteiger partial charge is 0.217 e. The molecule has 0 aliphatic rings. The van der Waals surface area contributed by atoms with Crippen molar-refractivity contribution in [3.63, 3.8) is 0 Å². The molecule has 0 aliphatic carbocycles. The minimum absolute atomic E-state index is 0.199. The van der Waals surface area contributed by atoms with E-state index in [4.69, 9.17) is 5.73 Å². The molecule has 0 unspecified atom stereocenters. The molecule has 0 aromatic carbocycles. The number of carbonyl (C=O) groups excluding carboxylic acids is 1. The fourth-order valence-electron chi connectivity index (χ4n) is 0.815. The van der Waals surface area contributed by atoms with Crippen LogP contribution >= 0.6 is 0 Å². The lowest BCUT2D eigenvalue weighted by Crippen LogP contribution is -2.23. The maximum atomic E-state index is 10.3. The molecule has 0 atom stereocenters. The molecular weight excluding hydrogens is 140 g/mol. The zero-order valence-electron chi connectivity index (χ0n) is 7.39. The number of amides is 1. The predicted octanol–water partition coefficient (Wildman–Crippen LogP) is 0.640. The summed E-state index contributed by atoms with van der Waals surface area (Å²) in [5, 5.41) is 3.27. The number of primary amides is 1. The lowest BCUT2D eigenvalue weighted by Gasteiger charge is -2.06. The molecule has 0 aromatic heterocycles. The van der Waals surface area contributed by atoms with Crippen molar-refractivity contribution in [2.75, 3.05) is 6.54 Å². The molecule has 3 heteroatoms. The highest BCUT2D eigenvalue weighted by Crippen LogP contribution is 1.92. The molecule has 3 N–H and O–H groups in total.